The second-order valence-corrected chi connectivity index (χ2v) is 6.21. The van der Waals surface area contributed by atoms with Gasteiger partial charge < -0.3 is 15.2 Å². The third kappa shape index (κ3) is 3.56. The van der Waals surface area contributed by atoms with E-state index in [0.717, 1.165) is 16.5 Å². The number of para-hydroxylation sites is 1. The Morgan fingerprint density at radius 3 is 2.88 bits per heavy atom. The molecule has 1 aliphatic heterocycles. The minimum Gasteiger partial charge on any atom is -0.369 e. The fourth-order valence-corrected chi connectivity index (χ4v) is 3.22. The van der Waals surface area contributed by atoms with Crippen LogP contribution in [-0.2, 0) is 16.1 Å². The zero-order valence-electron chi connectivity index (χ0n) is 13.9. The maximum atomic E-state index is 12.3. The molecule has 0 radical (unpaired) electrons. The number of nitrogens with two attached hydrogens (primary N) is 1. The van der Waals surface area contributed by atoms with Gasteiger partial charge in [0.2, 0.25) is 11.8 Å². The summed E-state index contributed by atoms with van der Waals surface area (Å²) < 4.78 is 2.03. The third-order valence-corrected chi connectivity index (χ3v) is 4.59. The Kier molecular flexibility index (Phi) is 4.85. The van der Waals surface area contributed by atoms with E-state index in [9.17, 15) is 9.59 Å². The lowest BCUT2D eigenvalue weighted by Gasteiger charge is -2.12. The number of fused-ring (bicyclic) bond motifs is 1. The molecule has 0 aliphatic carbocycles. The normalized spacial score (nSPS) is 17.2. The first-order chi connectivity index (χ1) is 12.1. The van der Waals surface area contributed by atoms with Gasteiger partial charge in [-0.2, -0.15) is 5.26 Å². The Hall–Kier alpha value is -3.07. The van der Waals surface area contributed by atoms with Crippen LogP contribution < -0.4 is 5.73 Å². The summed E-state index contributed by atoms with van der Waals surface area (Å²) in [5, 5.41) is 9.85. The molecule has 1 atom stereocenters. The van der Waals surface area contributed by atoms with E-state index in [1.54, 1.807) is 17.1 Å². The van der Waals surface area contributed by atoms with E-state index in [1.165, 1.54) is 0 Å². The highest BCUT2D eigenvalue weighted by Gasteiger charge is 2.28. The van der Waals surface area contributed by atoms with Crippen LogP contribution in [0.3, 0.4) is 0 Å². The first kappa shape index (κ1) is 16.8. The molecule has 3 rings (SSSR count). The number of nitrogens with zero attached hydrogens (tertiary/aromatic N) is 3. The molecule has 2 aromatic rings. The Labute approximate surface area is 146 Å². The molecule has 2 amide bonds. The summed E-state index contributed by atoms with van der Waals surface area (Å²) in [5.74, 6) is -0.706. The molecular weight excluding hydrogens is 316 g/mol. The van der Waals surface area contributed by atoms with Crippen LogP contribution in [0.4, 0.5) is 0 Å². The molecule has 1 aliphatic rings. The number of likely N-dealkylation sites (tertiary alicyclic amines) is 1. The second kappa shape index (κ2) is 7.22. The van der Waals surface area contributed by atoms with Crippen LogP contribution in [-0.4, -0.2) is 34.4 Å². The average molecular weight is 336 g/mol. The number of nitriles is 1. The monoisotopic (exact) mass is 336 g/mol. The number of carbonyl (C=O) groups is 2. The Bertz CT molecular complexity index is 875. The number of hydrogen-bond donors (Lipinski definition) is 1. The van der Waals surface area contributed by atoms with Crippen molar-refractivity contribution in [2.45, 2.75) is 19.4 Å². The van der Waals surface area contributed by atoms with Gasteiger partial charge in [-0.25, -0.2) is 0 Å². The summed E-state index contributed by atoms with van der Waals surface area (Å²) in [7, 11) is 0. The number of benzene rings is 1. The summed E-state index contributed by atoms with van der Waals surface area (Å²) in [6, 6.07) is 10.1. The quantitative estimate of drug-likeness (QED) is 0.845. The van der Waals surface area contributed by atoms with Gasteiger partial charge in [0.05, 0.1) is 18.4 Å². The molecule has 6 nitrogen and oxygen atoms in total. The summed E-state index contributed by atoms with van der Waals surface area (Å²) in [6.45, 7) is 1.56. The van der Waals surface area contributed by atoms with Crippen molar-refractivity contribution in [1.29, 1.82) is 5.26 Å². The number of aromatic nitrogens is 1. The van der Waals surface area contributed by atoms with Crippen molar-refractivity contribution in [2.75, 3.05) is 13.1 Å². The largest absolute Gasteiger partial charge is 0.369 e. The maximum absolute atomic E-state index is 12.3. The van der Waals surface area contributed by atoms with Crippen LogP contribution in [0.5, 0.6) is 0 Å². The fourth-order valence-electron chi connectivity index (χ4n) is 3.22. The van der Waals surface area contributed by atoms with Gasteiger partial charge in [-0.15, -0.1) is 0 Å². The van der Waals surface area contributed by atoms with Crippen LogP contribution in [0.2, 0.25) is 0 Å². The van der Waals surface area contributed by atoms with E-state index in [1.807, 2.05) is 35.0 Å². The van der Waals surface area contributed by atoms with Crippen LogP contribution in [0.15, 0.2) is 36.5 Å². The Morgan fingerprint density at radius 1 is 1.36 bits per heavy atom. The van der Waals surface area contributed by atoms with Gasteiger partial charge in [-0.3, -0.25) is 9.59 Å². The van der Waals surface area contributed by atoms with Crippen molar-refractivity contribution in [3.63, 3.8) is 0 Å². The van der Waals surface area contributed by atoms with Gasteiger partial charge in [0.25, 0.3) is 0 Å². The van der Waals surface area contributed by atoms with Crippen molar-refractivity contribution in [2.24, 2.45) is 11.7 Å². The van der Waals surface area contributed by atoms with Crippen molar-refractivity contribution < 1.29 is 9.59 Å². The Balaban J connectivity index is 1.78. The predicted molar refractivity (Wildman–Crippen MR) is 95.1 cm³/mol. The van der Waals surface area contributed by atoms with Crippen molar-refractivity contribution >= 4 is 28.8 Å². The lowest BCUT2D eigenvalue weighted by atomic mass is 10.1. The molecule has 1 aromatic heterocycles. The summed E-state index contributed by atoms with van der Waals surface area (Å²) >= 11 is 0. The van der Waals surface area contributed by atoms with Gasteiger partial charge >= 0.3 is 0 Å². The average Bonchev–Trinajstić information content (AvgIpc) is 3.23. The third-order valence-electron chi connectivity index (χ3n) is 4.59. The van der Waals surface area contributed by atoms with E-state index in [4.69, 9.17) is 11.0 Å². The van der Waals surface area contributed by atoms with Gasteiger partial charge in [0.15, 0.2) is 0 Å². The zero-order chi connectivity index (χ0) is 17.8. The molecule has 1 saturated heterocycles. The fraction of sp³-hybridized carbons (Fsp3) is 0.316. The van der Waals surface area contributed by atoms with E-state index >= 15 is 0 Å². The maximum Gasteiger partial charge on any atom is 0.246 e. The summed E-state index contributed by atoms with van der Waals surface area (Å²) in [5.41, 5.74) is 7.29. The summed E-state index contributed by atoms with van der Waals surface area (Å²) in [6.07, 6.45) is 6.36. The Morgan fingerprint density at radius 2 is 2.16 bits per heavy atom. The molecule has 0 unspecified atom stereocenters. The van der Waals surface area contributed by atoms with E-state index in [2.05, 4.69) is 6.07 Å². The number of aryl methyl sites for hydroxylation is 1. The minimum absolute atomic E-state index is 0.113. The van der Waals surface area contributed by atoms with Crippen LogP contribution in [0, 0.1) is 17.2 Å². The van der Waals surface area contributed by atoms with Crippen LogP contribution in [0.1, 0.15) is 18.4 Å². The molecule has 25 heavy (non-hydrogen) atoms. The van der Waals surface area contributed by atoms with Gasteiger partial charge in [-0.1, -0.05) is 18.2 Å². The zero-order valence-corrected chi connectivity index (χ0v) is 13.9. The first-order valence-corrected chi connectivity index (χ1v) is 8.31. The van der Waals surface area contributed by atoms with Crippen molar-refractivity contribution in [1.82, 2.24) is 9.47 Å². The molecule has 1 fully saturated rings. The van der Waals surface area contributed by atoms with Gasteiger partial charge in [0.1, 0.15) is 0 Å². The highest BCUT2D eigenvalue weighted by molar-refractivity contribution is 5.96. The molecule has 0 saturated carbocycles. The minimum atomic E-state index is -0.347. The topological polar surface area (TPSA) is 92.1 Å². The molecule has 2 heterocycles. The first-order valence-electron chi connectivity index (χ1n) is 8.31. The number of primary amides is 1. The molecule has 1 aromatic carbocycles. The lowest BCUT2D eigenvalue weighted by Crippen LogP contribution is -2.30. The molecule has 0 spiro atoms. The van der Waals surface area contributed by atoms with Gasteiger partial charge in [0, 0.05) is 48.4 Å². The SMILES string of the molecule is N#CCCn1cc(/C=C\C(=O)N2CC[C@@H](C(N)=O)C2)c2ccccc21. The number of carbonyl (C=O) groups excluding carboxylic acids is 2. The van der Waals surface area contributed by atoms with Crippen LogP contribution in [0.25, 0.3) is 17.0 Å². The standard InChI is InChI=1S/C19H20N4O2/c20-9-3-10-22-12-14(16-4-1-2-5-17(16)22)6-7-18(24)23-11-8-15(13-23)19(21)25/h1-2,4-7,12,15H,3,8,10-11,13H2,(H2,21,25)/b7-6-/t15-/m1/s1. The molecule has 128 valence electrons. The van der Waals surface area contributed by atoms with Crippen molar-refractivity contribution in [3.8, 4) is 6.07 Å². The summed E-state index contributed by atoms with van der Waals surface area (Å²) in [4.78, 5) is 25.2. The lowest BCUT2D eigenvalue weighted by molar-refractivity contribution is -0.125. The van der Waals surface area contributed by atoms with Crippen LogP contribution >= 0.6 is 0 Å². The van der Waals surface area contributed by atoms with E-state index in [0.29, 0.717) is 32.5 Å². The van der Waals surface area contributed by atoms with E-state index in [-0.39, 0.29) is 17.7 Å². The number of rotatable bonds is 5. The van der Waals surface area contributed by atoms with E-state index < -0.39 is 0 Å². The molecule has 6 heteroatoms. The number of hydrogen-bond acceptors (Lipinski definition) is 3. The molecule has 0 bridgehead atoms. The second-order valence-electron chi connectivity index (χ2n) is 6.21. The molecular formula is C19H20N4O2. The highest BCUT2D eigenvalue weighted by Crippen LogP contribution is 2.23. The van der Waals surface area contributed by atoms with Crippen molar-refractivity contribution in [3.05, 3.63) is 42.1 Å². The molecule has 2 N–H and O–H groups in total. The van der Waals surface area contributed by atoms with Gasteiger partial charge in [-0.05, 0) is 18.6 Å². The smallest absolute Gasteiger partial charge is 0.246 e. The predicted octanol–water partition coefficient (Wildman–Crippen LogP) is 1.90. The number of amides is 2. The highest BCUT2D eigenvalue weighted by atomic mass is 16.2.